The zero-order valence-electron chi connectivity index (χ0n) is 15.2. The van der Waals surface area contributed by atoms with Crippen molar-refractivity contribution in [2.24, 2.45) is 5.92 Å². The third-order valence-corrected chi connectivity index (χ3v) is 6.89. The fourth-order valence-corrected chi connectivity index (χ4v) is 5.45. The van der Waals surface area contributed by atoms with Crippen LogP contribution in [0, 0.1) is 5.92 Å². The molecule has 2 aromatic rings. The molecule has 1 aromatic carbocycles. The highest BCUT2D eigenvalue weighted by Crippen LogP contribution is 2.42. The van der Waals surface area contributed by atoms with E-state index >= 15 is 0 Å². The Morgan fingerprint density at radius 2 is 1.88 bits per heavy atom. The normalized spacial score (nSPS) is 21.6. The van der Waals surface area contributed by atoms with Gasteiger partial charge in [0, 0.05) is 17.0 Å². The summed E-state index contributed by atoms with van der Waals surface area (Å²) in [5.74, 6) is 0.655. The van der Waals surface area contributed by atoms with Crippen molar-refractivity contribution in [2.45, 2.75) is 31.9 Å². The molecule has 0 spiro atoms. The lowest BCUT2D eigenvalue weighted by Gasteiger charge is -2.43. The maximum Gasteiger partial charge on any atom is 0.254 e. The molecule has 1 fully saturated rings. The summed E-state index contributed by atoms with van der Waals surface area (Å²) in [5, 5.41) is 11.4. The number of hydrogen-bond acceptors (Lipinski definition) is 4. The van der Waals surface area contributed by atoms with E-state index in [2.05, 4.69) is 28.3 Å². The van der Waals surface area contributed by atoms with E-state index in [-0.39, 0.29) is 18.6 Å². The largest absolute Gasteiger partial charge is 0.392 e. The molecule has 0 radical (unpaired) electrons. The number of hydrogen-bond donors (Lipinski definition) is 1. The molecule has 5 heteroatoms. The number of piperidine rings is 1. The van der Waals surface area contributed by atoms with E-state index in [1.165, 1.54) is 10.4 Å². The first kappa shape index (κ1) is 17.7. The third-order valence-electron chi connectivity index (χ3n) is 5.86. The maximum absolute atomic E-state index is 13.3. The van der Waals surface area contributed by atoms with E-state index in [1.54, 1.807) is 0 Å². The molecule has 3 heterocycles. The van der Waals surface area contributed by atoms with Crippen molar-refractivity contribution in [3.63, 3.8) is 0 Å². The van der Waals surface area contributed by atoms with Gasteiger partial charge in [-0.2, -0.15) is 0 Å². The van der Waals surface area contributed by atoms with Crippen LogP contribution in [0.25, 0.3) is 0 Å². The summed E-state index contributed by atoms with van der Waals surface area (Å²) < 4.78 is 0. The minimum atomic E-state index is 0.00889. The predicted octanol–water partition coefficient (Wildman–Crippen LogP) is 3.32. The number of carbonyl (C=O) groups is 1. The molecule has 0 bridgehead atoms. The van der Waals surface area contributed by atoms with Crippen LogP contribution < -0.4 is 0 Å². The molecule has 138 valence electrons. The van der Waals surface area contributed by atoms with Gasteiger partial charge in [-0.1, -0.05) is 12.1 Å². The Labute approximate surface area is 159 Å². The van der Waals surface area contributed by atoms with E-state index in [1.807, 2.05) is 35.6 Å². The Balaban J connectivity index is 1.63. The first-order chi connectivity index (χ1) is 12.7. The van der Waals surface area contributed by atoms with Crippen molar-refractivity contribution < 1.29 is 9.90 Å². The standard InChI is InChI=1S/C21H26N2O2S/c1-22-10-6-16(7-11-22)19-20-17(9-13-26-20)8-12-23(19)21(25)18-4-2-15(14-24)3-5-18/h2-5,9,13,16,19,24H,6-8,10-12,14H2,1H3. The topological polar surface area (TPSA) is 43.8 Å². The van der Waals surface area contributed by atoms with E-state index in [0.717, 1.165) is 50.0 Å². The number of amides is 1. The fourth-order valence-electron chi connectivity index (χ4n) is 4.29. The monoisotopic (exact) mass is 370 g/mol. The number of likely N-dealkylation sites (tertiary alicyclic amines) is 1. The van der Waals surface area contributed by atoms with E-state index in [4.69, 9.17) is 0 Å². The second-order valence-electron chi connectivity index (χ2n) is 7.50. The molecule has 26 heavy (non-hydrogen) atoms. The van der Waals surface area contributed by atoms with Crippen molar-refractivity contribution in [1.82, 2.24) is 9.80 Å². The lowest BCUT2D eigenvalue weighted by atomic mass is 9.84. The summed E-state index contributed by atoms with van der Waals surface area (Å²) in [6, 6.07) is 9.83. The van der Waals surface area contributed by atoms with Crippen LogP contribution in [0.15, 0.2) is 35.7 Å². The lowest BCUT2D eigenvalue weighted by molar-refractivity contribution is 0.0510. The molecule has 1 amide bonds. The first-order valence-electron chi connectivity index (χ1n) is 9.43. The van der Waals surface area contributed by atoms with Crippen LogP contribution in [0.4, 0.5) is 0 Å². The smallest absolute Gasteiger partial charge is 0.254 e. The fraction of sp³-hybridized carbons (Fsp3) is 0.476. The number of aliphatic hydroxyl groups is 1. The average Bonchev–Trinajstić information content (AvgIpc) is 3.16. The zero-order valence-corrected chi connectivity index (χ0v) is 16.0. The SMILES string of the molecule is CN1CCC(C2c3sccc3CCN2C(=O)c2ccc(CO)cc2)CC1. The van der Waals surface area contributed by atoms with Gasteiger partial charge in [0.2, 0.25) is 0 Å². The highest BCUT2D eigenvalue weighted by atomic mass is 32.1. The van der Waals surface area contributed by atoms with Crippen molar-refractivity contribution in [3.8, 4) is 0 Å². The van der Waals surface area contributed by atoms with E-state index in [0.29, 0.717) is 5.92 Å². The molecule has 4 rings (SSSR count). The number of fused-ring (bicyclic) bond motifs is 1. The zero-order chi connectivity index (χ0) is 18.1. The summed E-state index contributed by atoms with van der Waals surface area (Å²) in [4.78, 5) is 19.2. The summed E-state index contributed by atoms with van der Waals surface area (Å²) in [7, 11) is 2.18. The molecule has 1 N–H and O–H groups in total. The van der Waals surface area contributed by atoms with Gasteiger partial charge in [0.05, 0.1) is 12.6 Å². The number of thiophene rings is 1. The van der Waals surface area contributed by atoms with Gasteiger partial charge >= 0.3 is 0 Å². The first-order valence-corrected chi connectivity index (χ1v) is 10.3. The summed E-state index contributed by atoms with van der Waals surface area (Å²) in [6.07, 6.45) is 3.24. The van der Waals surface area contributed by atoms with Crippen molar-refractivity contribution in [2.75, 3.05) is 26.7 Å². The van der Waals surface area contributed by atoms with Gasteiger partial charge in [0.25, 0.3) is 5.91 Å². The Morgan fingerprint density at radius 3 is 2.58 bits per heavy atom. The Morgan fingerprint density at radius 1 is 1.15 bits per heavy atom. The van der Waals surface area contributed by atoms with E-state index in [9.17, 15) is 9.90 Å². The number of aliphatic hydroxyl groups excluding tert-OH is 1. The van der Waals surface area contributed by atoms with Crippen molar-refractivity contribution in [3.05, 3.63) is 57.3 Å². The molecule has 4 nitrogen and oxygen atoms in total. The molecule has 2 aliphatic heterocycles. The van der Waals surface area contributed by atoms with Crippen LogP contribution >= 0.6 is 11.3 Å². The van der Waals surface area contributed by atoms with Crippen LogP contribution in [-0.4, -0.2) is 47.5 Å². The van der Waals surface area contributed by atoms with Gasteiger partial charge in [-0.3, -0.25) is 4.79 Å². The van der Waals surface area contributed by atoms with Gasteiger partial charge in [0.15, 0.2) is 0 Å². The second kappa shape index (κ2) is 7.51. The van der Waals surface area contributed by atoms with Crippen LogP contribution in [0.2, 0.25) is 0 Å². The number of nitrogens with zero attached hydrogens (tertiary/aromatic N) is 2. The van der Waals surface area contributed by atoms with Gasteiger partial charge in [-0.15, -0.1) is 11.3 Å². The highest BCUT2D eigenvalue weighted by molar-refractivity contribution is 7.10. The molecule has 0 saturated carbocycles. The molecule has 0 aliphatic carbocycles. The van der Waals surface area contributed by atoms with Crippen LogP contribution in [-0.2, 0) is 13.0 Å². The van der Waals surface area contributed by atoms with Crippen molar-refractivity contribution in [1.29, 1.82) is 0 Å². The van der Waals surface area contributed by atoms with Gasteiger partial charge in [0.1, 0.15) is 0 Å². The second-order valence-corrected chi connectivity index (χ2v) is 8.45. The molecular weight excluding hydrogens is 344 g/mol. The van der Waals surface area contributed by atoms with Crippen LogP contribution in [0.3, 0.4) is 0 Å². The summed E-state index contributed by atoms with van der Waals surface area (Å²) >= 11 is 1.81. The lowest BCUT2D eigenvalue weighted by Crippen LogP contribution is -2.45. The molecule has 1 aromatic heterocycles. The molecular formula is C21H26N2O2S. The van der Waals surface area contributed by atoms with Gasteiger partial charge in [-0.25, -0.2) is 0 Å². The molecule has 1 saturated heterocycles. The van der Waals surface area contributed by atoms with Gasteiger partial charge in [-0.05, 0) is 80.0 Å². The summed E-state index contributed by atoms with van der Waals surface area (Å²) in [5.41, 5.74) is 2.99. The Kier molecular flexibility index (Phi) is 5.11. The van der Waals surface area contributed by atoms with Crippen LogP contribution in [0.5, 0.6) is 0 Å². The van der Waals surface area contributed by atoms with Crippen molar-refractivity contribution >= 4 is 17.2 Å². The minimum absolute atomic E-state index is 0.00889. The number of rotatable bonds is 3. The third kappa shape index (κ3) is 3.31. The minimum Gasteiger partial charge on any atom is -0.392 e. The maximum atomic E-state index is 13.3. The quantitative estimate of drug-likeness (QED) is 0.901. The predicted molar refractivity (Wildman–Crippen MR) is 104 cm³/mol. The molecule has 1 unspecified atom stereocenters. The van der Waals surface area contributed by atoms with E-state index < -0.39 is 0 Å². The Hall–Kier alpha value is -1.69. The average molecular weight is 371 g/mol. The Bertz CT molecular complexity index is 763. The molecule has 1 atom stereocenters. The van der Waals surface area contributed by atoms with Crippen LogP contribution in [0.1, 0.15) is 45.2 Å². The van der Waals surface area contributed by atoms with Gasteiger partial charge < -0.3 is 14.9 Å². The molecule has 2 aliphatic rings. The highest BCUT2D eigenvalue weighted by Gasteiger charge is 2.38. The number of carbonyl (C=O) groups excluding carboxylic acids is 1. The number of benzene rings is 1. The summed E-state index contributed by atoms with van der Waals surface area (Å²) in [6.45, 7) is 3.01.